The molecule has 0 radical (unpaired) electrons. The molecule has 3 rings (SSSR count). The number of nitrogens with zero attached hydrogens (tertiary/aromatic N) is 1. The van der Waals surface area contributed by atoms with Crippen LogP contribution in [0, 0.1) is 5.82 Å². The smallest absolute Gasteiger partial charge is 0.326 e. The average molecular weight is 587 g/mol. The van der Waals surface area contributed by atoms with Crippen LogP contribution in [0.4, 0.5) is 9.18 Å². The van der Waals surface area contributed by atoms with Crippen LogP contribution in [0.25, 0.3) is 6.08 Å². The number of imide groups is 1. The van der Waals surface area contributed by atoms with Crippen LogP contribution in [0.2, 0.25) is 0 Å². The second kappa shape index (κ2) is 10.6. The minimum absolute atomic E-state index is 0.166. The summed E-state index contributed by atoms with van der Waals surface area (Å²) >= 11 is 7.64. The highest BCUT2D eigenvalue weighted by Gasteiger charge is 2.36. The third-order valence-electron chi connectivity index (χ3n) is 4.12. The number of esters is 1. The number of benzene rings is 2. The predicted octanol–water partition coefficient (Wildman–Crippen LogP) is 5.92. The highest BCUT2D eigenvalue weighted by molar-refractivity contribution is 9.11. The summed E-state index contributed by atoms with van der Waals surface area (Å²) < 4.78 is 25.4. The molecule has 32 heavy (non-hydrogen) atoms. The highest BCUT2D eigenvalue weighted by atomic mass is 79.9. The van der Waals surface area contributed by atoms with E-state index in [-0.39, 0.29) is 23.4 Å². The van der Waals surface area contributed by atoms with Crippen molar-refractivity contribution in [1.82, 2.24) is 4.90 Å². The Balaban J connectivity index is 1.73. The lowest BCUT2D eigenvalue weighted by atomic mass is 10.2. The van der Waals surface area contributed by atoms with E-state index in [4.69, 9.17) is 9.47 Å². The van der Waals surface area contributed by atoms with E-state index in [0.29, 0.717) is 25.8 Å². The van der Waals surface area contributed by atoms with E-state index >= 15 is 0 Å². The lowest BCUT2D eigenvalue weighted by Crippen LogP contribution is -2.35. The molecular weight excluding hydrogens is 569 g/mol. The molecule has 1 heterocycles. The fourth-order valence-electron chi connectivity index (χ4n) is 2.80. The van der Waals surface area contributed by atoms with Crippen LogP contribution in [0.1, 0.15) is 25.0 Å². The monoisotopic (exact) mass is 585 g/mol. The van der Waals surface area contributed by atoms with E-state index in [1.165, 1.54) is 12.1 Å². The Hall–Kier alpha value is -2.17. The van der Waals surface area contributed by atoms with Gasteiger partial charge in [0.05, 0.1) is 20.0 Å². The fourth-order valence-corrected chi connectivity index (χ4v) is 5.09. The van der Waals surface area contributed by atoms with Gasteiger partial charge in [-0.2, -0.15) is 0 Å². The molecule has 2 aromatic carbocycles. The number of thioether (sulfide) groups is 1. The molecular formula is C22H18Br2FNO5S. The maximum atomic E-state index is 13.3. The van der Waals surface area contributed by atoms with Gasteiger partial charge in [0.2, 0.25) is 0 Å². The van der Waals surface area contributed by atoms with Crippen LogP contribution < -0.4 is 4.74 Å². The van der Waals surface area contributed by atoms with Crippen LogP contribution in [0.3, 0.4) is 0 Å². The largest absolute Gasteiger partial charge is 0.487 e. The molecule has 1 aliphatic rings. The topological polar surface area (TPSA) is 72.9 Å². The second-order valence-electron chi connectivity index (χ2n) is 7.04. The minimum atomic E-state index is -0.645. The Bertz CT molecular complexity index is 1080. The Morgan fingerprint density at radius 3 is 2.50 bits per heavy atom. The van der Waals surface area contributed by atoms with Crippen LogP contribution in [-0.4, -0.2) is 34.7 Å². The van der Waals surface area contributed by atoms with Gasteiger partial charge in [0.15, 0.2) is 0 Å². The third kappa shape index (κ3) is 6.20. The molecule has 6 nitrogen and oxygen atoms in total. The molecule has 0 aliphatic carbocycles. The van der Waals surface area contributed by atoms with Crippen LogP contribution in [0.15, 0.2) is 50.2 Å². The van der Waals surface area contributed by atoms with Crippen molar-refractivity contribution in [2.75, 3.05) is 6.54 Å². The van der Waals surface area contributed by atoms with Gasteiger partial charge < -0.3 is 9.47 Å². The zero-order valence-corrected chi connectivity index (χ0v) is 21.1. The number of hydrogen-bond acceptors (Lipinski definition) is 6. The molecule has 2 aromatic rings. The summed E-state index contributed by atoms with van der Waals surface area (Å²) in [7, 11) is 0. The second-order valence-corrected chi connectivity index (χ2v) is 9.74. The van der Waals surface area contributed by atoms with E-state index in [9.17, 15) is 18.8 Å². The van der Waals surface area contributed by atoms with Crippen LogP contribution >= 0.6 is 43.6 Å². The normalized spacial score (nSPS) is 15.1. The molecule has 2 amide bonds. The molecule has 0 aromatic heterocycles. The maximum Gasteiger partial charge on any atom is 0.326 e. The van der Waals surface area contributed by atoms with Gasteiger partial charge in [-0.15, -0.1) is 0 Å². The molecule has 0 atom stereocenters. The summed E-state index contributed by atoms with van der Waals surface area (Å²) in [5.74, 6) is -1.03. The number of carbonyl (C=O) groups excluding carboxylic acids is 3. The lowest BCUT2D eigenvalue weighted by Gasteiger charge is -2.13. The molecule has 1 aliphatic heterocycles. The standard InChI is InChI=1S/C22H18Br2FNO5S/c1-12(2)31-19(27)10-26-21(28)18(32-22(26)29)9-14-7-16(23)20(17(24)8-14)30-11-13-4-3-5-15(25)6-13/h3-9,12H,10-11H2,1-2H3/b18-9+. The quantitative estimate of drug-likeness (QED) is 0.296. The third-order valence-corrected chi connectivity index (χ3v) is 6.20. The molecule has 0 N–H and O–H groups in total. The van der Waals surface area contributed by atoms with Gasteiger partial charge in [-0.3, -0.25) is 19.3 Å². The van der Waals surface area contributed by atoms with Gasteiger partial charge in [0.1, 0.15) is 24.7 Å². The van der Waals surface area contributed by atoms with Crippen molar-refractivity contribution in [3.05, 3.63) is 67.2 Å². The summed E-state index contributed by atoms with van der Waals surface area (Å²) in [4.78, 5) is 37.7. The van der Waals surface area contributed by atoms with E-state index < -0.39 is 23.7 Å². The van der Waals surface area contributed by atoms with E-state index in [2.05, 4.69) is 31.9 Å². The molecule has 10 heteroatoms. The number of ether oxygens (including phenoxy) is 2. The molecule has 1 saturated heterocycles. The van der Waals surface area contributed by atoms with Crippen molar-refractivity contribution in [2.45, 2.75) is 26.6 Å². The van der Waals surface area contributed by atoms with Gasteiger partial charge in [0, 0.05) is 0 Å². The van der Waals surface area contributed by atoms with Crippen molar-refractivity contribution in [3.63, 3.8) is 0 Å². The van der Waals surface area contributed by atoms with Gasteiger partial charge in [-0.05, 0) is 98.9 Å². The average Bonchev–Trinajstić information content (AvgIpc) is 2.94. The number of carbonyl (C=O) groups is 3. The number of hydrogen-bond donors (Lipinski definition) is 0. The first-order valence-corrected chi connectivity index (χ1v) is 11.9. The summed E-state index contributed by atoms with van der Waals surface area (Å²) in [5, 5.41) is -0.532. The number of amides is 2. The Labute approximate surface area is 205 Å². The predicted molar refractivity (Wildman–Crippen MR) is 126 cm³/mol. The van der Waals surface area contributed by atoms with Gasteiger partial charge in [0.25, 0.3) is 11.1 Å². The molecule has 0 spiro atoms. The molecule has 0 bridgehead atoms. The molecule has 0 unspecified atom stereocenters. The van der Waals surface area contributed by atoms with E-state index in [0.717, 1.165) is 16.7 Å². The Morgan fingerprint density at radius 1 is 1.19 bits per heavy atom. The van der Waals surface area contributed by atoms with Gasteiger partial charge >= 0.3 is 5.97 Å². The minimum Gasteiger partial charge on any atom is -0.487 e. The van der Waals surface area contributed by atoms with E-state index in [1.807, 2.05) is 0 Å². The first-order valence-electron chi connectivity index (χ1n) is 9.45. The highest BCUT2D eigenvalue weighted by Crippen LogP contribution is 2.38. The fraction of sp³-hybridized carbons (Fsp3) is 0.227. The maximum absolute atomic E-state index is 13.3. The summed E-state index contributed by atoms with van der Waals surface area (Å²) in [6, 6.07) is 9.57. The van der Waals surface area contributed by atoms with Gasteiger partial charge in [-0.1, -0.05) is 12.1 Å². The van der Waals surface area contributed by atoms with Crippen molar-refractivity contribution < 1.29 is 28.2 Å². The zero-order valence-electron chi connectivity index (χ0n) is 17.1. The Kier molecular flexibility index (Phi) is 8.13. The molecule has 1 fully saturated rings. The Morgan fingerprint density at radius 2 is 1.88 bits per heavy atom. The van der Waals surface area contributed by atoms with Crippen molar-refractivity contribution in [2.24, 2.45) is 0 Å². The molecule has 0 saturated carbocycles. The van der Waals surface area contributed by atoms with E-state index in [1.54, 1.807) is 44.2 Å². The summed E-state index contributed by atoms with van der Waals surface area (Å²) in [5.41, 5.74) is 1.31. The van der Waals surface area contributed by atoms with Gasteiger partial charge in [-0.25, -0.2) is 4.39 Å². The van der Waals surface area contributed by atoms with Crippen molar-refractivity contribution in [1.29, 1.82) is 0 Å². The first-order chi connectivity index (χ1) is 15.1. The zero-order chi connectivity index (χ0) is 23.4. The summed E-state index contributed by atoms with van der Waals surface area (Å²) in [6.07, 6.45) is 1.22. The first kappa shape index (κ1) is 24.5. The van der Waals surface area contributed by atoms with Crippen molar-refractivity contribution in [3.8, 4) is 5.75 Å². The van der Waals surface area contributed by atoms with Crippen LogP contribution in [0.5, 0.6) is 5.75 Å². The number of halogens is 3. The summed E-state index contributed by atoms with van der Waals surface area (Å²) in [6.45, 7) is 3.11. The number of rotatable bonds is 7. The SMILES string of the molecule is CC(C)OC(=O)CN1C(=O)S/C(=C/c2cc(Br)c(OCc3cccc(F)c3)c(Br)c2)C1=O. The van der Waals surface area contributed by atoms with Crippen molar-refractivity contribution >= 4 is 66.8 Å². The molecule has 168 valence electrons. The lowest BCUT2D eigenvalue weighted by molar-refractivity contribution is -0.149. The van der Waals surface area contributed by atoms with Crippen LogP contribution in [-0.2, 0) is 20.9 Å².